The van der Waals surface area contributed by atoms with Crippen LogP contribution < -0.4 is 5.32 Å². The van der Waals surface area contributed by atoms with Crippen LogP contribution in [0.2, 0.25) is 0 Å². The molecular weight excluding hydrogens is 185 g/mol. The van der Waals surface area contributed by atoms with Crippen LogP contribution in [0.15, 0.2) is 0 Å². The predicted octanol–water partition coefficient (Wildman–Crippen LogP) is 2.63. The highest BCUT2D eigenvalue weighted by Gasteiger charge is 2.37. The van der Waals surface area contributed by atoms with Gasteiger partial charge in [-0.2, -0.15) is 4.89 Å². The highest BCUT2D eigenvalue weighted by Crippen LogP contribution is 2.31. The number of hydrogen-bond acceptors (Lipinski definition) is 2. The molecule has 0 spiro atoms. The predicted molar refractivity (Wildman–Crippen MR) is 56.0 cm³/mol. The van der Waals surface area contributed by atoms with Crippen LogP contribution in [0, 0.1) is 0 Å². The Balaban J connectivity index is 3.46. The summed E-state index contributed by atoms with van der Waals surface area (Å²) < 4.78 is 10.8. The molecule has 0 aromatic heterocycles. The van der Waals surface area contributed by atoms with Crippen LogP contribution in [-0.2, 0) is 4.57 Å². The fourth-order valence-corrected chi connectivity index (χ4v) is 1.26. The van der Waals surface area contributed by atoms with Crippen LogP contribution in [0.25, 0.3) is 0 Å². The van der Waals surface area contributed by atoms with Crippen molar-refractivity contribution in [2.24, 2.45) is 0 Å². The monoisotopic (exact) mass is 206 g/mol. The molecule has 0 fully saturated rings. The minimum absolute atomic E-state index is 0.637. The van der Waals surface area contributed by atoms with Crippen molar-refractivity contribution in [3.05, 3.63) is 0 Å². The zero-order valence-electron chi connectivity index (χ0n) is 8.84. The minimum Gasteiger partial charge on any atom is -0.269 e. The van der Waals surface area contributed by atoms with E-state index in [1.165, 1.54) is 19.3 Å². The van der Waals surface area contributed by atoms with Crippen LogP contribution in [0.1, 0.15) is 46.5 Å². The Bertz CT molecular complexity index is 160. The fraction of sp³-hybridized carbons (Fsp3) is 1.00. The Hall–Kier alpha value is 0.0200. The van der Waals surface area contributed by atoms with E-state index in [1.807, 2.05) is 0 Å². The molecule has 78 valence electrons. The summed E-state index contributed by atoms with van der Waals surface area (Å²) in [5, 5.41) is 2.45. The van der Waals surface area contributed by atoms with Crippen LogP contribution in [-0.4, -0.2) is 16.7 Å². The highest BCUT2D eigenvalue weighted by atomic mass is 31.1. The van der Waals surface area contributed by atoms with Gasteiger partial charge in [-0.25, -0.2) is 0 Å². The lowest BCUT2D eigenvalue weighted by Crippen LogP contribution is -2.36. The van der Waals surface area contributed by atoms with Crippen molar-refractivity contribution >= 4 is 8.03 Å². The third kappa shape index (κ3) is 6.14. The zero-order chi connectivity index (χ0) is 10.3. The van der Waals surface area contributed by atoms with Gasteiger partial charge in [0.25, 0.3) is 0 Å². The SMILES string of the molecule is CCCCCCNC(C)(C)[P+](=O)O. The molecule has 0 amide bonds. The Kier molecular flexibility index (Phi) is 6.48. The summed E-state index contributed by atoms with van der Waals surface area (Å²) in [6, 6.07) is 0. The van der Waals surface area contributed by atoms with E-state index in [-0.39, 0.29) is 0 Å². The maximum atomic E-state index is 10.8. The van der Waals surface area contributed by atoms with Gasteiger partial charge in [0.15, 0.2) is 0 Å². The Morgan fingerprint density at radius 1 is 1.31 bits per heavy atom. The van der Waals surface area contributed by atoms with Crippen LogP contribution in [0.5, 0.6) is 0 Å². The fourth-order valence-electron chi connectivity index (χ4n) is 1.01. The van der Waals surface area contributed by atoms with Crippen molar-refractivity contribution in [3.63, 3.8) is 0 Å². The third-order valence-electron chi connectivity index (χ3n) is 2.07. The average molecular weight is 206 g/mol. The average Bonchev–Trinajstić information content (AvgIpc) is 2.03. The van der Waals surface area contributed by atoms with Crippen molar-refractivity contribution in [1.29, 1.82) is 0 Å². The summed E-state index contributed by atoms with van der Waals surface area (Å²) >= 11 is 0. The molecule has 0 rings (SSSR count). The molecule has 0 bridgehead atoms. The quantitative estimate of drug-likeness (QED) is 0.497. The maximum absolute atomic E-state index is 10.8. The summed E-state index contributed by atoms with van der Waals surface area (Å²) in [4.78, 5) is 8.93. The smallest absolute Gasteiger partial charge is 0.269 e. The van der Waals surface area contributed by atoms with Gasteiger partial charge in [0.2, 0.25) is 5.28 Å². The molecule has 0 saturated carbocycles. The third-order valence-corrected chi connectivity index (χ3v) is 3.18. The van der Waals surface area contributed by atoms with Gasteiger partial charge in [-0.15, -0.1) is 0 Å². The molecule has 0 saturated heterocycles. The Morgan fingerprint density at radius 3 is 2.38 bits per heavy atom. The van der Waals surface area contributed by atoms with E-state index in [2.05, 4.69) is 12.2 Å². The van der Waals surface area contributed by atoms with Gasteiger partial charge in [-0.3, -0.25) is 5.32 Å². The molecule has 2 N–H and O–H groups in total. The minimum atomic E-state index is -2.13. The van der Waals surface area contributed by atoms with E-state index < -0.39 is 13.3 Å². The van der Waals surface area contributed by atoms with E-state index in [0.29, 0.717) is 0 Å². The molecule has 1 atom stereocenters. The second-order valence-corrected chi connectivity index (χ2v) is 5.48. The van der Waals surface area contributed by atoms with E-state index in [1.54, 1.807) is 13.8 Å². The first-order valence-corrected chi connectivity index (χ1v) is 6.13. The summed E-state index contributed by atoms with van der Waals surface area (Å²) in [6.45, 7) is 6.51. The van der Waals surface area contributed by atoms with Gasteiger partial charge >= 0.3 is 8.03 Å². The first-order chi connectivity index (χ1) is 6.00. The summed E-state index contributed by atoms with van der Waals surface area (Å²) in [5.41, 5.74) is 0. The molecule has 0 aliphatic carbocycles. The first kappa shape index (κ1) is 13.0. The van der Waals surface area contributed by atoms with Crippen LogP contribution in [0.3, 0.4) is 0 Å². The van der Waals surface area contributed by atoms with E-state index >= 15 is 0 Å². The summed E-state index contributed by atoms with van der Waals surface area (Å²) in [7, 11) is -2.13. The molecule has 13 heavy (non-hydrogen) atoms. The number of nitrogens with one attached hydrogen (secondary N) is 1. The van der Waals surface area contributed by atoms with E-state index in [4.69, 9.17) is 4.89 Å². The molecule has 3 nitrogen and oxygen atoms in total. The largest absolute Gasteiger partial charge is 0.527 e. The van der Waals surface area contributed by atoms with Gasteiger partial charge in [-0.05, 0) is 17.5 Å². The van der Waals surface area contributed by atoms with Crippen molar-refractivity contribution in [3.8, 4) is 0 Å². The molecule has 0 aliphatic rings. The van der Waals surface area contributed by atoms with Crippen molar-refractivity contribution < 1.29 is 9.46 Å². The van der Waals surface area contributed by atoms with Crippen molar-refractivity contribution in [1.82, 2.24) is 5.32 Å². The Labute approximate surface area is 81.8 Å². The Morgan fingerprint density at radius 2 is 1.92 bits per heavy atom. The molecule has 0 aliphatic heterocycles. The number of hydrogen-bond donors (Lipinski definition) is 2. The lowest BCUT2D eigenvalue weighted by atomic mass is 10.2. The van der Waals surface area contributed by atoms with Gasteiger partial charge in [0.05, 0.1) is 0 Å². The van der Waals surface area contributed by atoms with E-state index in [9.17, 15) is 4.57 Å². The summed E-state index contributed by atoms with van der Waals surface area (Å²) in [6.07, 6.45) is 4.74. The van der Waals surface area contributed by atoms with E-state index in [0.717, 1.165) is 13.0 Å². The second-order valence-electron chi connectivity index (χ2n) is 3.82. The molecule has 1 unspecified atom stereocenters. The summed E-state index contributed by atoms with van der Waals surface area (Å²) in [5.74, 6) is 0. The first-order valence-electron chi connectivity index (χ1n) is 4.92. The lowest BCUT2D eigenvalue weighted by molar-refractivity contribution is 0.421. The molecule has 0 aromatic rings. The van der Waals surface area contributed by atoms with Crippen LogP contribution >= 0.6 is 8.03 Å². The number of rotatable bonds is 7. The molecular formula is C9H21NO2P+. The van der Waals surface area contributed by atoms with Crippen LogP contribution in [0.4, 0.5) is 0 Å². The highest BCUT2D eigenvalue weighted by molar-refractivity contribution is 7.39. The molecule has 0 heterocycles. The molecule has 0 aromatic carbocycles. The molecule has 4 heteroatoms. The maximum Gasteiger partial charge on any atom is 0.527 e. The second kappa shape index (κ2) is 6.47. The van der Waals surface area contributed by atoms with Crippen molar-refractivity contribution in [2.45, 2.75) is 51.7 Å². The number of unbranched alkanes of at least 4 members (excludes halogenated alkanes) is 3. The molecule has 0 radical (unpaired) electrons. The zero-order valence-corrected chi connectivity index (χ0v) is 9.73. The topological polar surface area (TPSA) is 49.3 Å². The standard InChI is InChI=1S/C9H20NO2P/c1-4-5-6-7-8-10-9(2,3)13(11)12/h10H,4-8H2,1-3H3/p+1. The van der Waals surface area contributed by atoms with Gasteiger partial charge in [0, 0.05) is 13.8 Å². The lowest BCUT2D eigenvalue weighted by Gasteiger charge is -2.12. The van der Waals surface area contributed by atoms with Crippen molar-refractivity contribution in [2.75, 3.05) is 6.54 Å². The van der Waals surface area contributed by atoms with Gasteiger partial charge < -0.3 is 0 Å². The van der Waals surface area contributed by atoms with Gasteiger partial charge in [-0.1, -0.05) is 26.2 Å². The van der Waals surface area contributed by atoms with Gasteiger partial charge in [0.1, 0.15) is 0 Å². The normalized spacial score (nSPS) is 13.1.